The smallest absolute Gasteiger partial charge is 0.195 e. The summed E-state index contributed by atoms with van der Waals surface area (Å²) in [5.41, 5.74) is 1.25. The van der Waals surface area contributed by atoms with E-state index in [2.05, 4.69) is 56.6 Å². The molecule has 0 aliphatic carbocycles. The molecule has 2 aromatic rings. The number of aryl methyl sites for hydroxylation is 1. The monoisotopic (exact) mass is 340 g/mol. The molecule has 102 valence electrons. The van der Waals surface area contributed by atoms with Crippen LogP contribution >= 0.6 is 27.7 Å². The van der Waals surface area contributed by atoms with E-state index in [1.54, 1.807) is 11.8 Å². The number of halogens is 1. The van der Waals surface area contributed by atoms with Crippen LogP contribution in [0.25, 0.3) is 0 Å². The molecule has 0 bridgehead atoms. The highest BCUT2D eigenvalue weighted by atomic mass is 79.9. The molecule has 0 radical (unpaired) electrons. The van der Waals surface area contributed by atoms with Crippen LogP contribution < -0.4 is 5.32 Å². The minimum atomic E-state index is 0.286. The maximum absolute atomic E-state index is 4.20. The van der Waals surface area contributed by atoms with Gasteiger partial charge in [0.15, 0.2) is 5.16 Å². The highest BCUT2D eigenvalue weighted by Gasteiger charge is 2.14. The Labute approximate surface area is 126 Å². The molecule has 0 aliphatic rings. The van der Waals surface area contributed by atoms with E-state index in [-0.39, 0.29) is 6.04 Å². The lowest BCUT2D eigenvalue weighted by atomic mass is 10.1. The lowest BCUT2D eigenvalue weighted by molar-refractivity contribution is 0.640. The molecule has 0 saturated heterocycles. The molecule has 0 amide bonds. The van der Waals surface area contributed by atoms with E-state index >= 15 is 0 Å². The van der Waals surface area contributed by atoms with Crippen LogP contribution in [0.5, 0.6) is 0 Å². The summed E-state index contributed by atoms with van der Waals surface area (Å²) >= 11 is 5.17. The van der Waals surface area contributed by atoms with Crippen molar-refractivity contribution in [3.05, 3.63) is 34.1 Å². The molecule has 1 heterocycles. The van der Waals surface area contributed by atoms with Crippen molar-refractivity contribution in [1.82, 2.24) is 20.1 Å². The van der Waals surface area contributed by atoms with Crippen LogP contribution in [0.2, 0.25) is 0 Å². The minimum absolute atomic E-state index is 0.286. The molecule has 2 rings (SSSR count). The van der Waals surface area contributed by atoms with Gasteiger partial charge in [0, 0.05) is 22.5 Å². The molecule has 0 aliphatic heterocycles. The molecule has 1 N–H and O–H groups in total. The first-order valence-corrected chi connectivity index (χ1v) is 7.64. The standard InChI is InChI=1S/C13H17BrN4S/c1-8(15-3)11-7-10(14)5-6-12(11)19-13-17-16-9(2)18(13)4/h5-8,15H,1-4H3. The molecule has 1 aromatic carbocycles. The normalized spacial score (nSPS) is 12.7. The highest BCUT2D eigenvalue weighted by molar-refractivity contribution is 9.10. The predicted molar refractivity (Wildman–Crippen MR) is 81.5 cm³/mol. The summed E-state index contributed by atoms with van der Waals surface area (Å²) in [6, 6.07) is 6.60. The van der Waals surface area contributed by atoms with Gasteiger partial charge in [-0.05, 0) is 56.4 Å². The van der Waals surface area contributed by atoms with Crippen molar-refractivity contribution in [2.45, 2.75) is 29.9 Å². The lowest BCUT2D eigenvalue weighted by Gasteiger charge is -2.15. The van der Waals surface area contributed by atoms with E-state index < -0.39 is 0 Å². The second-order valence-corrected chi connectivity index (χ2v) is 6.31. The molecule has 0 spiro atoms. The molecular weight excluding hydrogens is 324 g/mol. The first kappa shape index (κ1) is 14.6. The van der Waals surface area contributed by atoms with Crippen molar-refractivity contribution >= 4 is 27.7 Å². The van der Waals surface area contributed by atoms with Crippen LogP contribution in [0.15, 0.2) is 32.7 Å². The molecule has 0 fully saturated rings. The third kappa shape index (κ3) is 3.19. The Hall–Kier alpha value is -0.850. The van der Waals surface area contributed by atoms with E-state index in [4.69, 9.17) is 0 Å². The van der Waals surface area contributed by atoms with E-state index in [1.807, 2.05) is 25.6 Å². The van der Waals surface area contributed by atoms with Crippen LogP contribution in [0.4, 0.5) is 0 Å². The Morgan fingerprint density at radius 1 is 1.37 bits per heavy atom. The summed E-state index contributed by atoms with van der Waals surface area (Å²) in [4.78, 5) is 1.19. The van der Waals surface area contributed by atoms with Crippen LogP contribution in [0.3, 0.4) is 0 Å². The fraction of sp³-hybridized carbons (Fsp3) is 0.385. The fourth-order valence-electron chi connectivity index (χ4n) is 1.68. The Balaban J connectivity index is 2.37. The summed E-state index contributed by atoms with van der Waals surface area (Å²) in [5, 5.41) is 12.5. The van der Waals surface area contributed by atoms with Crippen LogP contribution in [0.1, 0.15) is 24.4 Å². The van der Waals surface area contributed by atoms with Gasteiger partial charge in [0.05, 0.1) is 0 Å². The Bertz CT molecular complexity index is 582. The largest absolute Gasteiger partial charge is 0.313 e. The maximum Gasteiger partial charge on any atom is 0.195 e. The molecule has 1 aromatic heterocycles. The number of nitrogens with zero attached hydrogens (tertiary/aromatic N) is 3. The summed E-state index contributed by atoms with van der Waals surface area (Å²) in [6.07, 6.45) is 0. The van der Waals surface area contributed by atoms with Gasteiger partial charge in [0.25, 0.3) is 0 Å². The third-order valence-corrected chi connectivity index (χ3v) is 4.75. The van der Waals surface area contributed by atoms with Crippen molar-refractivity contribution in [3.8, 4) is 0 Å². The predicted octanol–water partition coefficient (Wildman–Crippen LogP) is 3.32. The first-order chi connectivity index (χ1) is 9.02. The van der Waals surface area contributed by atoms with Crippen molar-refractivity contribution in [2.75, 3.05) is 7.05 Å². The zero-order valence-electron chi connectivity index (χ0n) is 11.4. The SMILES string of the molecule is CNC(C)c1cc(Br)ccc1Sc1nnc(C)n1C. The van der Waals surface area contributed by atoms with Gasteiger partial charge in [-0.2, -0.15) is 0 Å². The Morgan fingerprint density at radius 2 is 2.11 bits per heavy atom. The topological polar surface area (TPSA) is 42.7 Å². The summed E-state index contributed by atoms with van der Waals surface area (Å²) in [6.45, 7) is 4.10. The Morgan fingerprint density at radius 3 is 2.68 bits per heavy atom. The quantitative estimate of drug-likeness (QED) is 0.927. The number of hydrogen-bond donors (Lipinski definition) is 1. The van der Waals surface area contributed by atoms with Crippen molar-refractivity contribution in [1.29, 1.82) is 0 Å². The summed E-state index contributed by atoms with van der Waals surface area (Å²) in [5.74, 6) is 0.919. The number of benzene rings is 1. The average molecular weight is 341 g/mol. The molecular formula is C13H17BrN4S. The van der Waals surface area contributed by atoms with Crippen molar-refractivity contribution in [2.24, 2.45) is 7.05 Å². The van der Waals surface area contributed by atoms with Crippen molar-refractivity contribution in [3.63, 3.8) is 0 Å². The minimum Gasteiger partial charge on any atom is -0.313 e. The van der Waals surface area contributed by atoms with Crippen LogP contribution in [-0.2, 0) is 7.05 Å². The van der Waals surface area contributed by atoms with E-state index in [0.29, 0.717) is 0 Å². The summed E-state index contributed by atoms with van der Waals surface area (Å²) < 4.78 is 3.09. The molecule has 1 atom stereocenters. The zero-order valence-corrected chi connectivity index (χ0v) is 13.8. The Kier molecular flexibility index (Phi) is 4.65. The van der Waals surface area contributed by atoms with E-state index in [0.717, 1.165) is 15.5 Å². The van der Waals surface area contributed by atoms with Gasteiger partial charge in [-0.1, -0.05) is 15.9 Å². The number of nitrogens with one attached hydrogen (secondary N) is 1. The van der Waals surface area contributed by atoms with Gasteiger partial charge in [-0.15, -0.1) is 10.2 Å². The maximum atomic E-state index is 4.20. The van der Waals surface area contributed by atoms with Crippen LogP contribution in [0, 0.1) is 6.92 Å². The molecule has 1 unspecified atom stereocenters. The highest BCUT2D eigenvalue weighted by Crippen LogP contribution is 2.34. The van der Waals surface area contributed by atoms with E-state index in [1.165, 1.54) is 10.5 Å². The second kappa shape index (κ2) is 6.07. The van der Waals surface area contributed by atoms with Gasteiger partial charge in [0.2, 0.25) is 0 Å². The van der Waals surface area contributed by atoms with Gasteiger partial charge < -0.3 is 9.88 Å². The van der Waals surface area contributed by atoms with Crippen LogP contribution in [-0.4, -0.2) is 21.8 Å². The zero-order chi connectivity index (χ0) is 14.0. The molecule has 4 nitrogen and oxygen atoms in total. The lowest BCUT2D eigenvalue weighted by Crippen LogP contribution is -2.13. The molecule has 6 heteroatoms. The summed E-state index contributed by atoms with van der Waals surface area (Å²) in [7, 11) is 3.95. The van der Waals surface area contributed by atoms with Gasteiger partial charge in [0.1, 0.15) is 5.82 Å². The first-order valence-electron chi connectivity index (χ1n) is 6.03. The fourth-order valence-corrected chi connectivity index (χ4v) is 3.10. The average Bonchev–Trinajstić information content (AvgIpc) is 2.71. The third-order valence-electron chi connectivity index (χ3n) is 3.13. The van der Waals surface area contributed by atoms with Crippen molar-refractivity contribution < 1.29 is 0 Å². The molecule has 19 heavy (non-hydrogen) atoms. The second-order valence-electron chi connectivity index (χ2n) is 4.38. The number of aromatic nitrogens is 3. The van der Waals surface area contributed by atoms with E-state index in [9.17, 15) is 0 Å². The number of hydrogen-bond acceptors (Lipinski definition) is 4. The number of rotatable bonds is 4. The van der Waals surface area contributed by atoms with Gasteiger partial charge in [-0.25, -0.2) is 0 Å². The van der Waals surface area contributed by atoms with Gasteiger partial charge >= 0.3 is 0 Å². The van der Waals surface area contributed by atoms with Gasteiger partial charge in [-0.3, -0.25) is 0 Å². The molecule has 0 saturated carbocycles.